The third-order valence-corrected chi connectivity index (χ3v) is 4.93. The van der Waals surface area contributed by atoms with E-state index in [1.54, 1.807) is 0 Å². The number of aryl methyl sites for hydroxylation is 1. The summed E-state index contributed by atoms with van der Waals surface area (Å²) in [5.74, 6) is 1.37. The van der Waals surface area contributed by atoms with E-state index in [2.05, 4.69) is 46.4 Å². The Morgan fingerprint density at radius 1 is 1.17 bits per heavy atom. The Kier molecular flexibility index (Phi) is 5.99. The Morgan fingerprint density at radius 2 is 1.92 bits per heavy atom. The molecule has 1 fully saturated rings. The molecule has 0 atom stereocenters. The Hall–Kier alpha value is -1.72. The van der Waals surface area contributed by atoms with Gasteiger partial charge in [0.05, 0.1) is 6.54 Å². The summed E-state index contributed by atoms with van der Waals surface area (Å²) < 4.78 is 5.46. The first-order valence-electron chi connectivity index (χ1n) is 9.08. The van der Waals surface area contributed by atoms with Crippen molar-refractivity contribution in [2.45, 2.75) is 57.5 Å². The number of hydrogen-bond acceptors (Lipinski definition) is 5. The molecule has 5 heteroatoms. The third-order valence-electron chi connectivity index (χ3n) is 4.93. The summed E-state index contributed by atoms with van der Waals surface area (Å²) in [4.78, 5) is 6.92. The fourth-order valence-corrected chi connectivity index (χ4v) is 3.43. The maximum Gasteiger partial charge on any atom is 0.241 e. The molecular weight excluding hydrogens is 300 g/mol. The number of aromatic nitrogens is 2. The topological polar surface area (TPSA) is 68.2 Å². The molecule has 1 aromatic carbocycles. The van der Waals surface area contributed by atoms with E-state index < -0.39 is 0 Å². The number of rotatable bonds is 7. The lowest BCUT2D eigenvalue weighted by atomic mass is 9.94. The highest BCUT2D eigenvalue weighted by molar-refractivity contribution is 5.54. The summed E-state index contributed by atoms with van der Waals surface area (Å²) in [7, 11) is 2.16. The van der Waals surface area contributed by atoms with Crippen molar-refractivity contribution in [2.75, 3.05) is 13.6 Å². The average molecular weight is 328 g/mol. The van der Waals surface area contributed by atoms with Crippen LogP contribution in [0.25, 0.3) is 11.4 Å². The minimum Gasteiger partial charge on any atom is -0.338 e. The minimum absolute atomic E-state index is 0.649. The van der Waals surface area contributed by atoms with Crippen molar-refractivity contribution in [3.8, 4) is 11.4 Å². The second-order valence-corrected chi connectivity index (χ2v) is 6.81. The quantitative estimate of drug-likeness (QED) is 0.844. The SMILES string of the molecule is CN(Cc1nc(-c2ccc(CCCN)cc2)no1)C1CCCCC1. The molecule has 1 heterocycles. The lowest BCUT2D eigenvalue weighted by molar-refractivity contribution is 0.165. The standard InChI is InChI=1S/C19H28N4O/c1-23(17-7-3-2-4-8-17)14-18-21-19(22-24-18)16-11-9-15(10-12-16)6-5-13-20/h9-12,17H,2-8,13-14,20H2,1H3. The zero-order valence-electron chi connectivity index (χ0n) is 14.6. The second-order valence-electron chi connectivity index (χ2n) is 6.81. The van der Waals surface area contributed by atoms with Crippen LogP contribution in [0.5, 0.6) is 0 Å². The molecular formula is C19H28N4O. The van der Waals surface area contributed by atoms with E-state index in [1.165, 1.54) is 37.7 Å². The van der Waals surface area contributed by atoms with Crippen LogP contribution in [0.15, 0.2) is 28.8 Å². The van der Waals surface area contributed by atoms with Crippen LogP contribution < -0.4 is 5.73 Å². The molecule has 1 saturated carbocycles. The van der Waals surface area contributed by atoms with E-state index in [0.717, 1.165) is 31.5 Å². The van der Waals surface area contributed by atoms with Gasteiger partial charge in [-0.15, -0.1) is 0 Å². The molecule has 0 radical (unpaired) electrons. The molecule has 0 amide bonds. The first-order valence-corrected chi connectivity index (χ1v) is 9.08. The largest absolute Gasteiger partial charge is 0.338 e. The molecule has 2 aromatic rings. The molecule has 1 aromatic heterocycles. The highest BCUT2D eigenvalue weighted by atomic mass is 16.5. The minimum atomic E-state index is 0.649. The van der Waals surface area contributed by atoms with Crippen LogP contribution in [0.4, 0.5) is 0 Å². The van der Waals surface area contributed by atoms with Crippen LogP contribution >= 0.6 is 0 Å². The van der Waals surface area contributed by atoms with Gasteiger partial charge in [-0.05, 0) is 44.8 Å². The van der Waals surface area contributed by atoms with Crippen LogP contribution in [-0.2, 0) is 13.0 Å². The molecule has 2 N–H and O–H groups in total. The molecule has 0 spiro atoms. The second kappa shape index (κ2) is 8.40. The molecule has 1 aliphatic rings. The van der Waals surface area contributed by atoms with Gasteiger partial charge in [-0.1, -0.05) is 48.7 Å². The third kappa shape index (κ3) is 4.42. The first kappa shape index (κ1) is 17.1. The average Bonchev–Trinajstić information content (AvgIpc) is 3.09. The fourth-order valence-electron chi connectivity index (χ4n) is 3.43. The first-order chi connectivity index (χ1) is 11.8. The Balaban J connectivity index is 1.60. The molecule has 130 valence electrons. The van der Waals surface area contributed by atoms with Crippen molar-refractivity contribution in [1.82, 2.24) is 15.0 Å². The summed E-state index contributed by atoms with van der Waals surface area (Å²) in [6.45, 7) is 1.46. The normalized spacial score (nSPS) is 16.0. The monoisotopic (exact) mass is 328 g/mol. The number of nitrogens with zero attached hydrogens (tertiary/aromatic N) is 3. The van der Waals surface area contributed by atoms with Crippen molar-refractivity contribution >= 4 is 0 Å². The summed E-state index contributed by atoms with van der Waals surface area (Å²) >= 11 is 0. The van der Waals surface area contributed by atoms with Gasteiger partial charge >= 0.3 is 0 Å². The fraction of sp³-hybridized carbons (Fsp3) is 0.579. The van der Waals surface area contributed by atoms with Gasteiger partial charge in [-0.3, -0.25) is 4.90 Å². The summed E-state index contributed by atoms with van der Waals surface area (Å²) in [5.41, 5.74) is 7.86. The predicted octanol–water partition coefficient (Wildman–Crippen LogP) is 3.39. The van der Waals surface area contributed by atoms with E-state index in [9.17, 15) is 0 Å². The van der Waals surface area contributed by atoms with Gasteiger partial charge in [0.2, 0.25) is 11.7 Å². The zero-order chi connectivity index (χ0) is 16.8. The lowest BCUT2D eigenvalue weighted by Crippen LogP contribution is -2.32. The van der Waals surface area contributed by atoms with Crippen LogP contribution in [-0.4, -0.2) is 34.7 Å². The molecule has 24 heavy (non-hydrogen) atoms. The van der Waals surface area contributed by atoms with E-state index in [4.69, 9.17) is 10.3 Å². The Labute approximate surface area is 144 Å². The zero-order valence-corrected chi connectivity index (χ0v) is 14.6. The molecule has 5 nitrogen and oxygen atoms in total. The molecule has 3 rings (SSSR count). The molecule has 0 aliphatic heterocycles. The van der Waals surface area contributed by atoms with E-state index in [-0.39, 0.29) is 0 Å². The molecule has 0 saturated heterocycles. The van der Waals surface area contributed by atoms with E-state index in [0.29, 0.717) is 17.8 Å². The smallest absolute Gasteiger partial charge is 0.241 e. The highest BCUT2D eigenvalue weighted by Gasteiger charge is 2.20. The lowest BCUT2D eigenvalue weighted by Gasteiger charge is -2.29. The van der Waals surface area contributed by atoms with E-state index in [1.807, 2.05) is 0 Å². The molecule has 1 aliphatic carbocycles. The maximum atomic E-state index is 5.56. The maximum absolute atomic E-state index is 5.56. The van der Waals surface area contributed by atoms with Crippen LogP contribution in [0.3, 0.4) is 0 Å². The van der Waals surface area contributed by atoms with Gasteiger partial charge in [-0.25, -0.2) is 0 Å². The van der Waals surface area contributed by atoms with Crippen LogP contribution in [0.2, 0.25) is 0 Å². The number of nitrogens with two attached hydrogens (primary N) is 1. The van der Waals surface area contributed by atoms with Gasteiger partial charge in [0.25, 0.3) is 0 Å². The van der Waals surface area contributed by atoms with Gasteiger partial charge in [-0.2, -0.15) is 4.98 Å². The Morgan fingerprint density at radius 3 is 2.62 bits per heavy atom. The van der Waals surface area contributed by atoms with Crippen molar-refractivity contribution < 1.29 is 4.52 Å². The summed E-state index contributed by atoms with van der Waals surface area (Å²) in [6, 6.07) is 9.01. The van der Waals surface area contributed by atoms with Crippen molar-refractivity contribution in [3.05, 3.63) is 35.7 Å². The molecule has 0 bridgehead atoms. The Bertz CT molecular complexity index is 617. The van der Waals surface area contributed by atoms with Crippen LogP contribution in [0.1, 0.15) is 50.0 Å². The molecule has 0 unspecified atom stereocenters. The van der Waals surface area contributed by atoms with Gasteiger partial charge in [0.1, 0.15) is 0 Å². The van der Waals surface area contributed by atoms with E-state index >= 15 is 0 Å². The van der Waals surface area contributed by atoms with Gasteiger partial charge < -0.3 is 10.3 Å². The summed E-state index contributed by atoms with van der Waals surface area (Å²) in [6.07, 6.45) is 8.63. The van der Waals surface area contributed by atoms with Crippen molar-refractivity contribution in [1.29, 1.82) is 0 Å². The number of hydrogen-bond donors (Lipinski definition) is 1. The van der Waals surface area contributed by atoms with Gasteiger partial charge in [0.15, 0.2) is 0 Å². The number of benzene rings is 1. The predicted molar refractivity (Wildman–Crippen MR) is 95.4 cm³/mol. The van der Waals surface area contributed by atoms with Gasteiger partial charge in [0, 0.05) is 11.6 Å². The van der Waals surface area contributed by atoms with Crippen molar-refractivity contribution in [2.24, 2.45) is 5.73 Å². The highest BCUT2D eigenvalue weighted by Crippen LogP contribution is 2.23. The summed E-state index contributed by atoms with van der Waals surface area (Å²) in [5, 5.41) is 4.14. The van der Waals surface area contributed by atoms with Crippen molar-refractivity contribution in [3.63, 3.8) is 0 Å². The van der Waals surface area contributed by atoms with Crippen LogP contribution in [0, 0.1) is 0 Å².